The number of primary amides is 1. The number of nitrogens with two attached hydrogens (primary N) is 1. The van der Waals surface area contributed by atoms with Gasteiger partial charge in [0.1, 0.15) is 17.7 Å². The van der Waals surface area contributed by atoms with Crippen molar-refractivity contribution >= 4 is 34.9 Å². The number of rotatable bonds is 5. The van der Waals surface area contributed by atoms with Crippen LogP contribution < -0.4 is 11.1 Å². The fourth-order valence-corrected chi connectivity index (χ4v) is 2.49. The zero-order chi connectivity index (χ0) is 19.6. The van der Waals surface area contributed by atoms with Crippen LogP contribution in [0.5, 0.6) is 0 Å². The van der Waals surface area contributed by atoms with Gasteiger partial charge in [0.05, 0.1) is 16.8 Å². The molecule has 27 heavy (non-hydrogen) atoms. The number of benzene rings is 2. The van der Waals surface area contributed by atoms with Crippen molar-refractivity contribution < 1.29 is 18.4 Å². The van der Waals surface area contributed by atoms with Gasteiger partial charge in [-0.05, 0) is 36.8 Å². The van der Waals surface area contributed by atoms with E-state index in [-0.39, 0.29) is 11.4 Å². The first-order valence-corrected chi connectivity index (χ1v) is 8.06. The Balaban J connectivity index is 1.94. The monoisotopic (exact) mass is 370 g/mol. The number of amides is 2. The van der Waals surface area contributed by atoms with Crippen LogP contribution in [0.25, 0.3) is 23.1 Å². The standard InChI is InChI=1S/C19H16F2N4O2/c1-10(18(22)26)23-19(27)13-8-14-16(24-25-17(14)9-15(13)21)6-5-11-3-2-4-12(20)7-11/h2-10H,1H3,(H2,22,26)(H,23,27)(H,24,25)/b6-5+/t10-/m0/s1. The number of halogens is 2. The van der Waals surface area contributed by atoms with Crippen molar-refractivity contribution in [3.63, 3.8) is 0 Å². The molecule has 3 aromatic rings. The minimum absolute atomic E-state index is 0.239. The summed E-state index contributed by atoms with van der Waals surface area (Å²) in [4.78, 5) is 23.3. The highest BCUT2D eigenvalue weighted by Crippen LogP contribution is 2.22. The molecule has 1 heterocycles. The van der Waals surface area contributed by atoms with Crippen molar-refractivity contribution in [2.24, 2.45) is 5.73 Å². The van der Waals surface area contributed by atoms with E-state index >= 15 is 0 Å². The average Bonchev–Trinajstić information content (AvgIpc) is 3.00. The predicted octanol–water partition coefficient (Wildman–Crippen LogP) is 2.62. The molecule has 6 nitrogen and oxygen atoms in total. The number of nitrogens with one attached hydrogen (secondary N) is 2. The molecule has 2 amide bonds. The lowest BCUT2D eigenvalue weighted by Crippen LogP contribution is -2.42. The van der Waals surface area contributed by atoms with Crippen molar-refractivity contribution in [3.8, 4) is 0 Å². The number of aromatic amines is 1. The number of carbonyl (C=O) groups excluding carboxylic acids is 2. The Bertz CT molecular complexity index is 1060. The van der Waals surface area contributed by atoms with Gasteiger partial charge in [-0.15, -0.1) is 0 Å². The van der Waals surface area contributed by atoms with Gasteiger partial charge >= 0.3 is 0 Å². The quantitative estimate of drug-likeness (QED) is 0.643. The molecule has 3 rings (SSSR count). The van der Waals surface area contributed by atoms with Crippen LogP contribution in [0.3, 0.4) is 0 Å². The molecule has 1 atom stereocenters. The van der Waals surface area contributed by atoms with Gasteiger partial charge in [-0.1, -0.05) is 18.2 Å². The van der Waals surface area contributed by atoms with Crippen molar-refractivity contribution in [3.05, 3.63) is 64.9 Å². The Morgan fingerprint density at radius 2 is 2.00 bits per heavy atom. The molecule has 0 aliphatic heterocycles. The van der Waals surface area contributed by atoms with Gasteiger partial charge in [0.25, 0.3) is 5.91 Å². The van der Waals surface area contributed by atoms with Crippen molar-refractivity contribution in [2.75, 3.05) is 0 Å². The van der Waals surface area contributed by atoms with E-state index in [2.05, 4.69) is 15.5 Å². The lowest BCUT2D eigenvalue weighted by atomic mass is 10.1. The van der Waals surface area contributed by atoms with Crippen molar-refractivity contribution in [1.82, 2.24) is 15.5 Å². The molecule has 0 aliphatic rings. The molecule has 138 valence electrons. The molecular weight excluding hydrogens is 354 g/mol. The number of fused-ring (bicyclic) bond motifs is 1. The molecule has 0 spiro atoms. The molecule has 0 saturated heterocycles. The van der Waals surface area contributed by atoms with Gasteiger partial charge in [-0.2, -0.15) is 5.10 Å². The lowest BCUT2D eigenvalue weighted by molar-refractivity contribution is -0.119. The summed E-state index contributed by atoms with van der Waals surface area (Å²) < 4.78 is 27.5. The molecule has 1 aromatic heterocycles. The summed E-state index contributed by atoms with van der Waals surface area (Å²) in [5.74, 6) is -2.62. The Morgan fingerprint density at radius 3 is 2.70 bits per heavy atom. The molecule has 0 fully saturated rings. The van der Waals surface area contributed by atoms with E-state index in [1.54, 1.807) is 24.3 Å². The summed E-state index contributed by atoms with van der Waals surface area (Å²) in [6, 6.07) is 7.53. The summed E-state index contributed by atoms with van der Waals surface area (Å²) >= 11 is 0. The zero-order valence-corrected chi connectivity index (χ0v) is 14.3. The van der Waals surface area contributed by atoms with E-state index in [1.165, 1.54) is 25.1 Å². The molecule has 8 heteroatoms. The largest absolute Gasteiger partial charge is 0.368 e. The van der Waals surface area contributed by atoms with Crippen LogP contribution in [0.15, 0.2) is 36.4 Å². The van der Waals surface area contributed by atoms with Crippen molar-refractivity contribution in [2.45, 2.75) is 13.0 Å². The molecule has 4 N–H and O–H groups in total. The van der Waals surface area contributed by atoms with Gasteiger partial charge in [0.2, 0.25) is 5.91 Å². The maximum absolute atomic E-state index is 14.2. The van der Waals surface area contributed by atoms with Crippen LogP contribution in [-0.2, 0) is 4.79 Å². The smallest absolute Gasteiger partial charge is 0.254 e. The third-order valence-corrected chi connectivity index (χ3v) is 3.98. The van der Waals surface area contributed by atoms with E-state index in [0.717, 1.165) is 6.07 Å². The van der Waals surface area contributed by atoms with E-state index in [9.17, 15) is 18.4 Å². The number of H-pyrrole nitrogens is 1. The Labute approximate surface area is 153 Å². The molecule has 0 aliphatic carbocycles. The number of nitrogens with zero attached hydrogens (tertiary/aromatic N) is 1. The first-order chi connectivity index (χ1) is 12.8. The highest BCUT2D eigenvalue weighted by atomic mass is 19.1. The van der Waals surface area contributed by atoms with Crippen LogP contribution >= 0.6 is 0 Å². The third-order valence-electron chi connectivity index (χ3n) is 3.98. The van der Waals surface area contributed by atoms with E-state index in [1.807, 2.05) is 0 Å². The van der Waals surface area contributed by atoms with E-state index in [4.69, 9.17) is 5.73 Å². The van der Waals surface area contributed by atoms with Crippen LogP contribution in [0.4, 0.5) is 8.78 Å². The fourth-order valence-electron chi connectivity index (χ4n) is 2.49. The molecule has 0 bridgehead atoms. The summed E-state index contributed by atoms with van der Waals surface area (Å²) in [7, 11) is 0. The average molecular weight is 370 g/mol. The molecule has 0 unspecified atom stereocenters. The highest BCUT2D eigenvalue weighted by molar-refractivity contribution is 6.01. The van der Waals surface area contributed by atoms with E-state index in [0.29, 0.717) is 22.2 Å². The second-order valence-corrected chi connectivity index (χ2v) is 5.97. The predicted molar refractivity (Wildman–Crippen MR) is 97.5 cm³/mol. The number of carbonyl (C=O) groups is 2. The molecule has 2 aromatic carbocycles. The Kier molecular flexibility index (Phi) is 4.98. The first kappa shape index (κ1) is 18.2. The maximum atomic E-state index is 14.2. The number of hydrogen-bond donors (Lipinski definition) is 3. The minimum Gasteiger partial charge on any atom is -0.368 e. The summed E-state index contributed by atoms with van der Waals surface area (Å²) in [6.45, 7) is 1.40. The van der Waals surface area contributed by atoms with Crippen LogP contribution in [-0.4, -0.2) is 28.1 Å². The van der Waals surface area contributed by atoms with Gasteiger partial charge in [0, 0.05) is 11.5 Å². The van der Waals surface area contributed by atoms with Gasteiger partial charge in [-0.3, -0.25) is 14.7 Å². The fraction of sp³-hybridized carbons (Fsp3) is 0.105. The third kappa shape index (κ3) is 4.00. The highest BCUT2D eigenvalue weighted by Gasteiger charge is 2.19. The molecular formula is C19H16F2N4O2. The van der Waals surface area contributed by atoms with E-state index < -0.39 is 23.7 Å². The second-order valence-electron chi connectivity index (χ2n) is 5.97. The maximum Gasteiger partial charge on any atom is 0.254 e. The number of hydrogen-bond acceptors (Lipinski definition) is 3. The Hall–Kier alpha value is -3.55. The zero-order valence-electron chi connectivity index (χ0n) is 14.3. The summed E-state index contributed by atoms with van der Waals surface area (Å²) in [5, 5.41) is 9.60. The van der Waals surface area contributed by atoms with Crippen LogP contribution in [0.1, 0.15) is 28.5 Å². The van der Waals surface area contributed by atoms with Gasteiger partial charge in [0.15, 0.2) is 0 Å². The second kappa shape index (κ2) is 7.36. The van der Waals surface area contributed by atoms with Gasteiger partial charge in [-0.25, -0.2) is 8.78 Å². The summed E-state index contributed by atoms with van der Waals surface area (Å²) in [6.07, 6.45) is 3.27. The van der Waals surface area contributed by atoms with Crippen molar-refractivity contribution in [1.29, 1.82) is 0 Å². The minimum atomic E-state index is -0.940. The Morgan fingerprint density at radius 1 is 1.22 bits per heavy atom. The molecule has 0 radical (unpaired) electrons. The molecule has 0 saturated carbocycles. The SMILES string of the molecule is C[C@H](NC(=O)c1cc2c(/C=C/c3cccc(F)c3)n[nH]c2cc1F)C(N)=O. The van der Waals surface area contributed by atoms with Gasteiger partial charge < -0.3 is 11.1 Å². The normalized spacial score (nSPS) is 12.4. The van der Waals surface area contributed by atoms with Crippen LogP contribution in [0, 0.1) is 11.6 Å². The lowest BCUT2D eigenvalue weighted by Gasteiger charge is -2.10. The summed E-state index contributed by atoms with van der Waals surface area (Å²) in [5.41, 5.74) is 6.34. The van der Waals surface area contributed by atoms with Crippen LogP contribution in [0.2, 0.25) is 0 Å². The topological polar surface area (TPSA) is 101 Å². The number of aromatic nitrogens is 2. The first-order valence-electron chi connectivity index (χ1n) is 8.06.